The Morgan fingerprint density at radius 1 is 0.727 bits per heavy atom. The summed E-state index contributed by atoms with van der Waals surface area (Å²) in [5, 5.41) is 1.22. The van der Waals surface area contributed by atoms with Gasteiger partial charge in [0.05, 0.1) is 5.69 Å². The third kappa shape index (κ3) is 4.64. The minimum absolute atomic E-state index is 0.827. The molecule has 5 aromatic rings. The van der Waals surface area contributed by atoms with Crippen molar-refractivity contribution < 1.29 is 8.42 Å². The molecular formula is C28H22N2O2S. The lowest BCUT2D eigenvalue weighted by atomic mass is 10.0. The molecule has 0 N–H and O–H groups in total. The molecule has 33 heavy (non-hydrogen) atoms. The number of imidazole rings is 1. The average molecular weight is 451 g/mol. The van der Waals surface area contributed by atoms with E-state index in [4.69, 9.17) is 4.98 Å². The number of sulfone groups is 1. The molecule has 0 aliphatic heterocycles. The molecule has 0 fully saturated rings. The summed E-state index contributed by atoms with van der Waals surface area (Å²) in [5.74, 6) is 0. The van der Waals surface area contributed by atoms with Crippen LogP contribution >= 0.6 is 0 Å². The molecular weight excluding hydrogens is 428 g/mol. The van der Waals surface area contributed by atoms with Crippen molar-refractivity contribution in [1.82, 2.24) is 9.38 Å². The van der Waals surface area contributed by atoms with Crippen molar-refractivity contribution in [3.05, 3.63) is 114 Å². The summed E-state index contributed by atoms with van der Waals surface area (Å²) in [6, 6.07) is 30.4. The van der Waals surface area contributed by atoms with Crippen LogP contribution in [-0.2, 0) is 9.84 Å². The molecule has 0 spiro atoms. The number of fused-ring (bicyclic) bond motifs is 1. The highest BCUT2D eigenvalue weighted by Gasteiger charge is 2.13. The summed E-state index contributed by atoms with van der Waals surface area (Å²) >= 11 is 0. The monoisotopic (exact) mass is 450 g/mol. The van der Waals surface area contributed by atoms with Gasteiger partial charge in [0.1, 0.15) is 5.65 Å². The summed E-state index contributed by atoms with van der Waals surface area (Å²) in [6.45, 7) is 0. The van der Waals surface area contributed by atoms with Gasteiger partial charge < -0.3 is 4.40 Å². The van der Waals surface area contributed by atoms with E-state index in [0.29, 0.717) is 0 Å². The molecule has 3 aromatic carbocycles. The molecule has 5 heteroatoms. The SMILES string of the molecule is CS(=O)(=O)C=Cc1ccc(-c2cc(-c3ccccc3)cn3cc(-c4ccccc4)nc23)cc1. The summed E-state index contributed by atoms with van der Waals surface area (Å²) in [7, 11) is -3.17. The van der Waals surface area contributed by atoms with Crippen LogP contribution < -0.4 is 0 Å². The standard InChI is InChI=1S/C28H22N2O2S/c1-33(31,32)17-16-21-12-14-23(15-13-21)26-18-25(22-8-4-2-5-9-22)19-30-20-27(29-28(26)30)24-10-6-3-7-11-24/h2-20H,1H3. The first-order valence-corrected chi connectivity index (χ1v) is 12.5. The van der Waals surface area contributed by atoms with Gasteiger partial charge in [-0.25, -0.2) is 13.4 Å². The number of hydrogen-bond donors (Lipinski definition) is 0. The summed E-state index contributed by atoms with van der Waals surface area (Å²) in [5.41, 5.74) is 7.92. The van der Waals surface area contributed by atoms with Crippen LogP contribution in [0.3, 0.4) is 0 Å². The Bertz CT molecular complexity index is 1550. The lowest BCUT2D eigenvalue weighted by molar-refractivity contribution is 0.610. The summed E-state index contributed by atoms with van der Waals surface area (Å²) in [4.78, 5) is 4.95. The van der Waals surface area contributed by atoms with Crippen molar-refractivity contribution in [2.45, 2.75) is 0 Å². The molecule has 0 bridgehead atoms. The van der Waals surface area contributed by atoms with Gasteiger partial charge in [-0.15, -0.1) is 0 Å². The second-order valence-electron chi connectivity index (χ2n) is 7.99. The molecule has 0 radical (unpaired) electrons. The molecule has 0 unspecified atom stereocenters. The van der Waals surface area contributed by atoms with Crippen molar-refractivity contribution >= 4 is 21.6 Å². The molecule has 0 atom stereocenters. The fourth-order valence-electron chi connectivity index (χ4n) is 3.82. The zero-order chi connectivity index (χ0) is 22.8. The minimum atomic E-state index is -3.17. The molecule has 2 heterocycles. The zero-order valence-corrected chi connectivity index (χ0v) is 18.9. The Balaban J connectivity index is 1.66. The van der Waals surface area contributed by atoms with Gasteiger partial charge in [-0.05, 0) is 34.4 Å². The molecule has 0 aliphatic rings. The number of nitrogens with zero attached hydrogens (tertiary/aromatic N) is 2. The van der Waals surface area contributed by atoms with Crippen LogP contribution in [0, 0.1) is 0 Å². The number of hydrogen-bond acceptors (Lipinski definition) is 3. The summed E-state index contributed by atoms with van der Waals surface area (Å²) < 4.78 is 24.9. The van der Waals surface area contributed by atoms with E-state index >= 15 is 0 Å². The number of aromatic nitrogens is 2. The molecule has 0 saturated carbocycles. The second-order valence-corrected chi connectivity index (χ2v) is 9.92. The third-order valence-electron chi connectivity index (χ3n) is 5.46. The number of rotatable bonds is 5. The van der Waals surface area contributed by atoms with E-state index in [1.165, 1.54) is 11.7 Å². The fourth-order valence-corrected chi connectivity index (χ4v) is 4.23. The van der Waals surface area contributed by atoms with E-state index in [1.807, 2.05) is 60.7 Å². The Kier molecular flexibility index (Phi) is 5.40. The molecule has 5 rings (SSSR count). The molecule has 0 aliphatic carbocycles. The third-order valence-corrected chi connectivity index (χ3v) is 6.09. The molecule has 0 saturated heterocycles. The van der Waals surface area contributed by atoms with Crippen LogP contribution in [0.25, 0.3) is 45.2 Å². The Hall–Kier alpha value is -3.96. The highest BCUT2D eigenvalue weighted by atomic mass is 32.2. The molecule has 162 valence electrons. The summed E-state index contributed by atoms with van der Waals surface area (Å²) in [6.07, 6.45) is 6.96. The second kappa shape index (κ2) is 8.52. The van der Waals surface area contributed by atoms with Gasteiger partial charge in [0, 0.05) is 35.2 Å². The highest BCUT2D eigenvalue weighted by Crippen LogP contribution is 2.32. The zero-order valence-electron chi connectivity index (χ0n) is 18.1. The van der Waals surface area contributed by atoms with E-state index in [2.05, 4.69) is 47.1 Å². The van der Waals surface area contributed by atoms with Gasteiger partial charge in [0.2, 0.25) is 0 Å². The van der Waals surface area contributed by atoms with E-state index in [9.17, 15) is 8.42 Å². The Morgan fingerprint density at radius 2 is 1.36 bits per heavy atom. The normalized spacial score (nSPS) is 11.9. The van der Waals surface area contributed by atoms with Gasteiger partial charge in [-0.1, -0.05) is 84.9 Å². The van der Waals surface area contributed by atoms with Crippen LogP contribution in [0.4, 0.5) is 0 Å². The van der Waals surface area contributed by atoms with Crippen molar-refractivity contribution in [3.8, 4) is 33.5 Å². The van der Waals surface area contributed by atoms with Gasteiger partial charge in [-0.2, -0.15) is 0 Å². The quantitative estimate of drug-likeness (QED) is 0.313. The minimum Gasteiger partial charge on any atom is -0.305 e. The fraction of sp³-hybridized carbons (Fsp3) is 0.0357. The van der Waals surface area contributed by atoms with Gasteiger partial charge in [0.25, 0.3) is 0 Å². The lowest BCUT2D eigenvalue weighted by Gasteiger charge is -2.09. The van der Waals surface area contributed by atoms with Gasteiger partial charge in [-0.3, -0.25) is 0 Å². The topological polar surface area (TPSA) is 51.4 Å². The van der Waals surface area contributed by atoms with Gasteiger partial charge in [0.15, 0.2) is 9.84 Å². The van der Waals surface area contributed by atoms with Crippen LogP contribution in [0.15, 0.2) is 109 Å². The first-order valence-electron chi connectivity index (χ1n) is 10.6. The molecule has 0 amide bonds. The maximum Gasteiger partial charge on any atom is 0.168 e. The Morgan fingerprint density at radius 3 is 2.00 bits per heavy atom. The predicted molar refractivity (Wildman–Crippen MR) is 135 cm³/mol. The van der Waals surface area contributed by atoms with Crippen LogP contribution in [-0.4, -0.2) is 24.1 Å². The van der Waals surface area contributed by atoms with E-state index in [1.54, 1.807) is 6.08 Å². The maximum atomic E-state index is 11.4. The van der Waals surface area contributed by atoms with Crippen molar-refractivity contribution in [2.75, 3.05) is 6.26 Å². The lowest BCUT2D eigenvalue weighted by Crippen LogP contribution is -1.91. The Labute approximate surface area is 193 Å². The van der Waals surface area contributed by atoms with Crippen molar-refractivity contribution in [3.63, 3.8) is 0 Å². The van der Waals surface area contributed by atoms with Crippen molar-refractivity contribution in [2.24, 2.45) is 0 Å². The van der Waals surface area contributed by atoms with E-state index in [-0.39, 0.29) is 0 Å². The first-order chi connectivity index (χ1) is 16.0. The highest BCUT2D eigenvalue weighted by molar-refractivity contribution is 7.93. The van der Waals surface area contributed by atoms with Crippen molar-refractivity contribution in [1.29, 1.82) is 0 Å². The first kappa shape index (κ1) is 20.9. The number of benzene rings is 3. The van der Waals surface area contributed by atoms with Gasteiger partial charge >= 0.3 is 0 Å². The van der Waals surface area contributed by atoms with Crippen LogP contribution in [0.1, 0.15) is 5.56 Å². The predicted octanol–water partition coefficient (Wildman–Crippen LogP) is 6.35. The number of pyridine rings is 1. The van der Waals surface area contributed by atoms with Crippen LogP contribution in [0.2, 0.25) is 0 Å². The smallest absolute Gasteiger partial charge is 0.168 e. The largest absolute Gasteiger partial charge is 0.305 e. The van der Waals surface area contributed by atoms with Crippen LogP contribution in [0.5, 0.6) is 0 Å². The average Bonchev–Trinajstić information content (AvgIpc) is 3.28. The molecule has 4 nitrogen and oxygen atoms in total. The van der Waals surface area contributed by atoms with E-state index in [0.717, 1.165) is 44.7 Å². The van der Waals surface area contributed by atoms with E-state index < -0.39 is 9.84 Å². The maximum absolute atomic E-state index is 11.4. The molecule has 2 aromatic heterocycles.